The molecule has 0 aliphatic carbocycles. The highest BCUT2D eigenvalue weighted by Gasteiger charge is 1.97. The van der Waals surface area contributed by atoms with Crippen molar-refractivity contribution in [2.45, 2.75) is 0 Å². The van der Waals surface area contributed by atoms with Gasteiger partial charge in [0, 0.05) is 12.4 Å². The highest BCUT2D eigenvalue weighted by molar-refractivity contribution is 5.87. The van der Waals surface area contributed by atoms with E-state index in [1.165, 1.54) is 29.2 Å². The van der Waals surface area contributed by atoms with Crippen molar-refractivity contribution in [1.82, 2.24) is 4.98 Å². The van der Waals surface area contributed by atoms with Gasteiger partial charge in [-0.2, -0.15) is 0 Å². The fourth-order valence-corrected chi connectivity index (χ4v) is 1.62. The fraction of sp³-hybridized carbons (Fsp3) is 0. The first kappa shape index (κ1) is 12.8. The second kappa shape index (κ2) is 6.31. The van der Waals surface area contributed by atoms with Gasteiger partial charge >= 0.3 is 5.97 Å². The molecule has 3 nitrogen and oxygen atoms in total. The molecular weight excluding hydrogens is 238 g/mol. The average Bonchev–Trinajstić information content (AvgIpc) is 2.49. The Morgan fingerprint density at radius 1 is 0.842 bits per heavy atom. The van der Waals surface area contributed by atoms with Crippen LogP contribution in [0.2, 0.25) is 0 Å². The van der Waals surface area contributed by atoms with Gasteiger partial charge in [0.25, 0.3) is 0 Å². The van der Waals surface area contributed by atoms with E-state index in [0.717, 1.165) is 0 Å². The number of rotatable bonds is 1. The van der Waals surface area contributed by atoms with E-state index in [0.29, 0.717) is 0 Å². The lowest BCUT2D eigenvalue weighted by Crippen LogP contribution is -1.94. The molecule has 0 saturated carbocycles. The van der Waals surface area contributed by atoms with E-state index in [9.17, 15) is 4.79 Å². The van der Waals surface area contributed by atoms with Crippen molar-refractivity contribution in [1.29, 1.82) is 0 Å². The zero-order chi connectivity index (χ0) is 13.5. The monoisotopic (exact) mass is 251 g/mol. The van der Waals surface area contributed by atoms with Gasteiger partial charge in [-0.25, -0.2) is 4.79 Å². The molecule has 0 amide bonds. The topological polar surface area (TPSA) is 50.2 Å². The van der Waals surface area contributed by atoms with Gasteiger partial charge < -0.3 is 5.11 Å². The minimum absolute atomic E-state index is 0.220. The summed E-state index contributed by atoms with van der Waals surface area (Å²) in [6.45, 7) is 0. The van der Waals surface area contributed by atoms with Gasteiger partial charge in [-0.1, -0.05) is 48.5 Å². The minimum Gasteiger partial charge on any atom is -0.478 e. The smallest absolute Gasteiger partial charge is 0.337 e. The first-order valence-electron chi connectivity index (χ1n) is 5.84. The second-order valence-electron chi connectivity index (χ2n) is 3.89. The van der Waals surface area contributed by atoms with Crippen molar-refractivity contribution < 1.29 is 9.90 Å². The lowest BCUT2D eigenvalue weighted by Gasteiger charge is -1.92. The van der Waals surface area contributed by atoms with Crippen molar-refractivity contribution in [3.8, 4) is 0 Å². The summed E-state index contributed by atoms with van der Waals surface area (Å²) in [5, 5.41) is 11.0. The van der Waals surface area contributed by atoms with Crippen LogP contribution in [0, 0.1) is 0 Å². The van der Waals surface area contributed by atoms with Crippen molar-refractivity contribution in [2.24, 2.45) is 0 Å². The largest absolute Gasteiger partial charge is 0.478 e. The summed E-state index contributed by atoms with van der Waals surface area (Å²) < 4.78 is 0. The van der Waals surface area contributed by atoms with Crippen LogP contribution in [0.4, 0.5) is 0 Å². The maximum Gasteiger partial charge on any atom is 0.337 e. The predicted molar refractivity (Wildman–Crippen MR) is 75.1 cm³/mol. The summed E-state index contributed by atoms with van der Waals surface area (Å²) >= 11 is 0. The van der Waals surface area contributed by atoms with Crippen LogP contribution < -0.4 is 0 Å². The van der Waals surface area contributed by atoms with Crippen LogP contribution in [0.15, 0.2) is 73.1 Å². The van der Waals surface area contributed by atoms with Gasteiger partial charge in [-0.3, -0.25) is 4.98 Å². The molecule has 0 bridgehead atoms. The molecule has 1 N–H and O–H groups in total. The summed E-state index contributed by atoms with van der Waals surface area (Å²) in [4.78, 5) is 13.8. The van der Waals surface area contributed by atoms with Gasteiger partial charge in [0.1, 0.15) is 0 Å². The number of carboxylic acid groups (broad SMARTS) is 1. The molecule has 0 atom stereocenters. The molecule has 1 aromatic heterocycles. The van der Waals surface area contributed by atoms with E-state index in [1.54, 1.807) is 6.07 Å². The van der Waals surface area contributed by atoms with E-state index < -0.39 is 5.97 Å². The maximum atomic E-state index is 10.2. The average molecular weight is 251 g/mol. The Morgan fingerprint density at radius 2 is 1.37 bits per heavy atom. The summed E-state index contributed by atoms with van der Waals surface area (Å²) in [6, 6.07) is 19.8. The number of nitrogens with zero attached hydrogens (tertiary/aromatic N) is 1. The molecule has 0 spiro atoms. The van der Waals surface area contributed by atoms with Crippen molar-refractivity contribution in [2.75, 3.05) is 0 Å². The minimum atomic E-state index is -0.942. The predicted octanol–water partition coefficient (Wildman–Crippen LogP) is 3.62. The van der Waals surface area contributed by atoms with Gasteiger partial charge in [0.15, 0.2) is 0 Å². The summed E-state index contributed by atoms with van der Waals surface area (Å²) in [5.74, 6) is -0.942. The van der Waals surface area contributed by atoms with Crippen molar-refractivity contribution >= 4 is 16.7 Å². The highest BCUT2D eigenvalue weighted by Crippen LogP contribution is 2.11. The van der Waals surface area contributed by atoms with Crippen LogP contribution >= 0.6 is 0 Å². The van der Waals surface area contributed by atoms with E-state index in [-0.39, 0.29) is 5.56 Å². The zero-order valence-corrected chi connectivity index (χ0v) is 10.2. The maximum absolute atomic E-state index is 10.2. The summed E-state index contributed by atoms with van der Waals surface area (Å²) in [7, 11) is 0. The van der Waals surface area contributed by atoms with Crippen LogP contribution in [-0.4, -0.2) is 16.1 Å². The fourth-order valence-electron chi connectivity index (χ4n) is 1.62. The number of pyridine rings is 1. The number of hydrogen-bond acceptors (Lipinski definition) is 2. The number of hydrogen-bond donors (Lipinski definition) is 1. The van der Waals surface area contributed by atoms with E-state index in [4.69, 9.17) is 5.11 Å². The zero-order valence-electron chi connectivity index (χ0n) is 10.2. The summed E-state index contributed by atoms with van der Waals surface area (Å²) in [6.07, 6.45) is 2.84. The number of carboxylic acids is 1. The molecule has 0 unspecified atom stereocenters. The number of carbonyl (C=O) groups is 1. The van der Waals surface area contributed by atoms with Gasteiger partial charge in [0.05, 0.1) is 5.56 Å². The third-order valence-corrected chi connectivity index (χ3v) is 2.57. The molecule has 0 saturated heterocycles. The molecule has 0 aliphatic rings. The molecule has 3 heteroatoms. The Labute approximate surface area is 111 Å². The molecule has 3 aromatic rings. The molecule has 1 heterocycles. The molecule has 0 radical (unpaired) electrons. The standard InChI is InChI=1S/C10H8.C6H5NO2/c1-2-6-10-8-4-3-7-9(10)5-1;8-6(9)5-2-1-3-7-4-5/h1-8H;1-4H,(H,8,9). The number of fused-ring (bicyclic) bond motifs is 1. The van der Waals surface area contributed by atoms with Crippen molar-refractivity contribution in [3.63, 3.8) is 0 Å². The van der Waals surface area contributed by atoms with Crippen LogP contribution in [0.5, 0.6) is 0 Å². The van der Waals surface area contributed by atoms with E-state index in [2.05, 4.69) is 53.5 Å². The Balaban J connectivity index is 0.000000141. The van der Waals surface area contributed by atoms with Crippen LogP contribution in [-0.2, 0) is 0 Å². The highest BCUT2D eigenvalue weighted by atomic mass is 16.4. The van der Waals surface area contributed by atoms with Gasteiger partial charge in [-0.15, -0.1) is 0 Å². The van der Waals surface area contributed by atoms with E-state index >= 15 is 0 Å². The lowest BCUT2D eigenvalue weighted by molar-refractivity contribution is 0.0696. The van der Waals surface area contributed by atoms with Crippen LogP contribution in [0.1, 0.15) is 10.4 Å². The summed E-state index contributed by atoms with van der Waals surface area (Å²) in [5.41, 5.74) is 0.220. The molecule has 2 aromatic carbocycles. The molecule has 3 rings (SSSR count). The normalized spacial score (nSPS) is 9.47. The Kier molecular flexibility index (Phi) is 4.24. The Morgan fingerprint density at radius 3 is 1.68 bits per heavy atom. The Hall–Kier alpha value is -2.68. The second-order valence-corrected chi connectivity index (χ2v) is 3.89. The molecular formula is C16H13NO2. The molecule has 94 valence electrons. The number of aromatic carboxylic acids is 1. The quantitative estimate of drug-likeness (QED) is 0.718. The van der Waals surface area contributed by atoms with Gasteiger partial charge in [-0.05, 0) is 22.9 Å². The van der Waals surface area contributed by atoms with Crippen LogP contribution in [0.3, 0.4) is 0 Å². The molecule has 0 aliphatic heterocycles. The third-order valence-electron chi connectivity index (χ3n) is 2.57. The third kappa shape index (κ3) is 3.64. The SMILES string of the molecule is O=C(O)c1cccnc1.c1ccc2ccccc2c1. The lowest BCUT2D eigenvalue weighted by atomic mass is 10.1. The van der Waals surface area contributed by atoms with Crippen LogP contribution in [0.25, 0.3) is 10.8 Å². The number of aromatic nitrogens is 1. The van der Waals surface area contributed by atoms with Gasteiger partial charge in [0.2, 0.25) is 0 Å². The molecule has 0 fully saturated rings. The number of benzene rings is 2. The van der Waals surface area contributed by atoms with Crippen molar-refractivity contribution in [3.05, 3.63) is 78.6 Å². The first-order chi connectivity index (χ1) is 9.27. The first-order valence-corrected chi connectivity index (χ1v) is 5.84. The molecule has 19 heavy (non-hydrogen) atoms. The Bertz CT molecular complexity index is 600. The van der Waals surface area contributed by atoms with E-state index in [1.807, 2.05) is 0 Å².